The maximum atomic E-state index is 13.3. The number of rotatable bonds is 4. The maximum Gasteiger partial charge on any atom is 0.229 e. The van der Waals surface area contributed by atoms with Crippen molar-refractivity contribution in [1.29, 1.82) is 0 Å². The van der Waals surface area contributed by atoms with E-state index >= 15 is 0 Å². The summed E-state index contributed by atoms with van der Waals surface area (Å²) in [4.78, 5) is 8.77. The highest BCUT2D eigenvalue weighted by atomic mass is 35.5. The van der Waals surface area contributed by atoms with Crippen molar-refractivity contribution in [1.82, 2.24) is 9.97 Å². The second-order valence-electron chi connectivity index (χ2n) is 5.44. The lowest BCUT2D eigenvalue weighted by Crippen LogP contribution is -2.02. The van der Waals surface area contributed by atoms with Gasteiger partial charge in [-0.3, -0.25) is 0 Å². The quantitative estimate of drug-likeness (QED) is 0.669. The first-order valence-corrected chi connectivity index (χ1v) is 7.79. The van der Waals surface area contributed by atoms with Crippen LogP contribution < -0.4 is 10.6 Å². The molecule has 0 spiro atoms. The molecule has 3 rings (SSSR count). The standard InChI is InChI=1S/C18H16ClFN4/c1-11-6-7-15(10-16(11)19)23-18-21-12(2)8-17(24-18)22-14-5-3-4-13(20)9-14/h3-10H,1-2H3,(H2,21,22,23,24). The van der Waals surface area contributed by atoms with Crippen molar-refractivity contribution in [3.63, 3.8) is 0 Å². The largest absolute Gasteiger partial charge is 0.340 e. The Labute approximate surface area is 144 Å². The van der Waals surface area contributed by atoms with E-state index in [1.807, 2.05) is 32.0 Å². The Morgan fingerprint density at radius 2 is 1.71 bits per heavy atom. The highest BCUT2D eigenvalue weighted by Crippen LogP contribution is 2.23. The van der Waals surface area contributed by atoms with Crippen LogP contribution in [0, 0.1) is 19.7 Å². The zero-order valence-electron chi connectivity index (χ0n) is 13.3. The fraction of sp³-hybridized carbons (Fsp3) is 0.111. The smallest absolute Gasteiger partial charge is 0.229 e. The maximum absolute atomic E-state index is 13.3. The van der Waals surface area contributed by atoms with Crippen LogP contribution in [-0.4, -0.2) is 9.97 Å². The fourth-order valence-electron chi connectivity index (χ4n) is 2.20. The number of aromatic nitrogens is 2. The third kappa shape index (κ3) is 4.00. The summed E-state index contributed by atoms with van der Waals surface area (Å²) in [6.07, 6.45) is 0. The number of nitrogens with one attached hydrogen (secondary N) is 2. The van der Waals surface area contributed by atoms with Gasteiger partial charge in [0.15, 0.2) is 0 Å². The van der Waals surface area contributed by atoms with Crippen LogP contribution in [-0.2, 0) is 0 Å². The van der Waals surface area contributed by atoms with E-state index in [0.717, 1.165) is 16.9 Å². The van der Waals surface area contributed by atoms with E-state index in [0.29, 0.717) is 22.5 Å². The Bertz CT molecular complexity index is 883. The molecular weight excluding hydrogens is 327 g/mol. The van der Waals surface area contributed by atoms with Gasteiger partial charge >= 0.3 is 0 Å². The number of halogens is 2. The molecule has 122 valence electrons. The van der Waals surface area contributed by atoms with E-state index in [4.69, 9.17) is 11.6 Å². The highest BCUT2D eigenvalue weighted by Gasteiger charge is 2.05. The van der Waals surface area contributed by atoms with E-state index in [1.54, 1.807) is 18.2 Å². The molecule has 0 fully saturated rings. The number of anilines is 4. The van der Waals surface area contributed by atoms with Crippen molar-refractivity contribution in [2.24, 2.45) is 0 Å². The molecule has 3 aromatic rings. The minimum absolute atomic E-state index is 0.307. The summed E-state index contributed by atoms with van der Waals surface area (Å²) in [7, 11) is 0. The first-order chi connectivity index (χ1) is 11.5. The number of hydrogen-bond donors (Lipinski definition) is 2. The molecule has 2 aromatic carbocycles. The molecule has 0 atom stereocenters. The summed E-state index contributed by atoms with van der Waals surface area (Å²) >= 11 is 6.14. The third-order valence-electron chi connectivity index (χ3n) is 3.38. The molecule has 0 amide bonds. The van der Waals surface area contributed by atoms with Crippen LogP contribution in [0.2, 0.25) is 5.02 Å². The molecule has 1 aromatic heterocycles. The van der Waals surface area contributed by atoms with E-state index in [9.17, 15) is 4.39 Å². The van der Waals surface area contributed by atoms with Gasteiger partial charge < -0.3 is 10.6 Å². The lowest BCUT2D eigenvalue weighted by atomic mass is 10.2. The minimum Gasteiger partial charge on any atom is -0.340 e. The molecule has 2 N–H and O–H groups in total. The number of aryl methyl sites for hydroxylation is 2. The zero-order valence-corrected chi connectivity index (χ0v) is 14.0. The van der Waals surface area contributed by atoms with Crippen LogP contribution in [0.1, 0.15) is 11.3 Å². The van der Waals surface area contributed by atoms with Crippen molar-refractivity contribution in [3.05, 3.63) is 70.6 Å². The van der Waals surface area contributed by atoms with Crippen LogP contribution in [0.5, 0.6) is 0 Å². The monoisotopic (exact) mass is 342 g/mol. The second kappa shape index (κ2) is 6.84. The summed E-state index contributed by atoms with van der Waals surface area (Å²) in [5.41, 5.74) is 3.20. The third-order valence-corrected chi connectivity index (χ3v) is 3.79. The zero-order chi connectivity index (χ0) is 17.1. The first kappa shape index (κ1) is 16.2. The topological polar surface area (TPSA) is 49.8 Å². The van der Waals surface area contributed by atoms with Gasteiger partial charge in [-0.2, -0.15) is 4.98 Å². The molecule has 0 unspecified atom stereocenters. The van der Waals surface area contributed by atoms with Crippen LogP contribution in [0.25, 0.3) is 0 Å². The summed E-state index contributed by atoms with van der Waals surface area (Å²) < 4.78 is 13.3. The van der Waals surface area contributed by atoms with Crippen LogP contribution in [0.15, 0.2) is 48.5 Å². The molecule has 4 nitrogen and oxygen atoms in total. The van der Waals surface area contributed by atoms with Crippen LogP contribution in [0.4, 0.5) is 27.5 Å². The molecule has 1 heterocycles. The Morgan fingerprint density at radius 3 is 2.46 bits per heavy atom. The van der Waals surface area contributed by atoms with Crippen molar-refractivity contribution < 1.29 is 4.39 Å². The number of hydrogen-bond acceptors (Lipinski definition) is 4. The van der Waals surface area contributed by atoms with Gasteiger partial charge in [0.2, 0.25) is 5.95 Å². The van der Waals surface area contributed by atoms with Crippen molar-refractivity contribution >= 4 is 34.7 Å². The average Bonchev–Trinajstić information content (AvgIpc) is 2.50. The van der Waals surface area contributed by atoms with Crippen molar-refractivity contribution in [2.45, 2.75) is 13.8 Å². The Balaban J connectivity index is 1.84. The summed E-state index contributed by atoms with van der Waals surface area (Å²) in [6.45, 7) is 3.81. The van der Waals surface area contributed by atoms with Gasteiger partial charge in [0.1, 0.15) is 11.6 Å². The predicted molar refractivity (Wildman–Crippen MR) is 95.9 cm³/mol. The Hall–Kier alpha value is -2.66. The predicted octanol–water partition coefficient (Wildman–Crippen LogP) is 5.37. The molecule has 0 bridgehead atoms. The van der Waals surface area contributed by atoms with E-state index < -0.39 is 0 Å². The Kier molecular flexibility index (Phi) is 4.62. The molecule has 0 radical (unpaired) electrons. The van der Waals surface area contributed by atoms with Crippen LogP contribution in [0.3, 0.4) is 0 Å². The summed E-state index contributed by atoms with van der Waals surface area (Å²) in [5, 5.41) is 6.88. The van der Waals surface area contributed by atoms with E-state index in [2.05, 4.69) is 20.6 Å². The van der Waals surface area contributed by atoms with Crippen molar-refractivity contribution in [2.75, 3.05) is 10.6 Å². The highest BCUT2D eigenvalue weighted by molar-refractivity contribution is 6.31. The molecular formula is C18H16ClFN4. The summed E-state index contributed by atoms with van der Waals surface area (Å²) in [5.74, 6) is 0.709. The lowest BCUT2D eigenvalue weighted by molar-refractivity contribution is 0.628. The molecule has 0 saturated carbocycles. The molecule has 24 heavy (non-hydrogen) atoms. The molecule has 0 aliphatic heterocycles. The minimum atomic E-state index is -0.307. The SMILES string of the molecule is Cc1cc(Nc2cccc(F)c2)nc(Nc2ccc(C)c(Cl)c2)n1. The molecule has 0 saturated heterocycles. The molecule has 6 heteroatoms. The van der Waals surface area contributed by atoms with Gasteiger partial charge in [0.05, 0.1) is 0 Å². The van der Waals surface area contributed by atoms with Gasteiger partial charge in [-0.15, -0.1) is 0 Å². The van der Waals surface area contributed by atoms with Gasteiger partial charge in [0, 0.05) is 28.2 Å². The lowest BCUT2D eigenvalue weighted by Gasteiger charge is -2.10. The van der Waals surface area contributed by atoms with Gasteiger partial charge in [0.25, 0.3) is 0 Å². The van der Waals surface area contributed by atoms with Crippen molar-refractivity contribution in [3.8, 4) is 0 Å². The average molecular weight is 343 g/mol. The normalized spacial score (nSPS) is 10.5. The number of nitrogens with zero attached hydrogens (tertiary/aromatic N) is 2. The fourth-order valence-corrected chi connectivity index (χ4v) is 2.38. The first-order valence-electron chi connectivity index (χ1n) is 7.41. The van der Waals surface area contributed by atoms with E-state index in [1.165, 1.54) is 12.1 Å². The van der Waals surface area contributed by atoms with Gasteiger partial charge in [-0.05, 0) is 49.7 Å². The van der Waals surface area contributed by atoms with Gasteiger partial charge in [-0.1, -0.05) is 23.7 Å². The van der Waals surface area contributed by atoms with Gasteiger partial charge in [-0.25, -0.2) is 9.37 Å². The Morgan fingerprint density at radius 1 is 0.917 bits per heavy atom. The molecule has 0 aliphatic rings. The second-order valence-corrected chi connectivity index (χ2v) is 5.85. The number of benzene rings is 2. The van der Waals surface area contributed by atoms with E-state index in [-0.39, 0.29) is 5.82 Å². The van der Waals surface area contributed by atoms with Crippen LogP contribution >= 0.6 is 11.6 Å². The molecule has 0 aliphatic carbocycles. The summed E-state index contributed by atoms with van der Waals surface area (Å²) in [6, 6.07) is 13.7.